The average molecular weight is 228 g/mol. The second-order valence-electron chi connectivity index (χ2n) is 3.66. The summed E-state index contributed by atoms with van der Waals surface area (Å²) >= 11 is 1.56. The van der Waals surface area contributed by atoms with Crippen LogP contribution in [-0.4, -0.2) is 38.9 Å². The summed E-state index contributed by atoms with van der Waals surface area (Å²) in [6.45, 7) is 2.16. The molecule has 2 rings (SSSR count). The lowest BCUT2D eigenvalue weighted by molar-refractivity contribution is 0.175. The molecule has 1 unspecified atom stereocenters. The normalized spacial score (nSPS) is 17.1. The van der Waals surface area contributed by atoms with Gasteiger partial charge in [-0.2, -0.15) is 0 Å². The fourth-order valence-electron chi connectivity index (χ4n) is 1.68. The smallest absolute Gasteiger partial charge is 0.159 e. The third-order valence-electron chi connectivity index (χ3n) is 2.54. The van der Waals surface area contributed by atoms with E-state index in [1.165, 1.54) is 0 Å². The largest absolute Gasteiger partial charge is 0.488 e. The number of thiophene rings is 1. The number of hydrogen-bond acceptors (Lipinski definition) is 5. The van der Waals surface area contributed by atoms with Crippen molar-refractivity contribution in [3.8, 4) is 5.75 Å². The fraction of sp³-hybridized carbons (Fsp3) is 0.600. The summed E-state index contributed by atoms with van der Waals surface area (Å²) in [6, 6.07) is 0. The van der Waals surface area contributed by atoms with E-state index in [2.05, 4.69) is 10.2 Å². The molecule has 2 N–H and O–H groups in total. The van der Waals surface area contributed by atoms with Crippen molar-refractivity contribution in [2.45, 2.75) is 6.10 Å². The van der Waals surface area contributed by atoms with E-state index in [1.807, 2.05) is 19.5 Å². The lowest BCUT2D eigenvalue weighted by Crippen LogP contribution is -2.28. The van der Waals surface area contributed by atoms with E-state index in [1.54, 1.807) is 11.3 Å². The zero-order valence-corrected chi connectivity index (χ0v) is 9.80. The SMILES string of the molecule is CNCC(O)c1scc2c1OCCN2C. The van der Waals surface area contributed by atoms with Crippen molar-refractivity contribution in [2.24, 2.45) is 0 Å². The summed E-state index contributed by atoms with van der Waals surface area (Å²) < 4.78 is 5.61. The first-order valence-corrected chi connectivity index (χ1v) is 5.90. The predicted octanol–water partition coefficient (Wildman–Crippen LogP) is 0.830. The van der Waals surface area contributed by atoms with Crippen LogP contribution >= 0.6 is 11.3 Å². The Labute approximate surface area is 93.5 Å². The summed E-state index contributed by atoms with van der Waals surface area (Å²) in [5.74, 6) is 0.858. The van der Waals surface area contributed by atoms with E-state index in [4.69, 9.17) is 4.74 Å². The first kappa shape index (κ1) is 10.7. The lowest BCUT2D eigenvalue weighted by Gasteiger charge is -2.26. The Morgan fingerprint density at radius 1 is 1.73 bits per heavy atom. The maximum absolute atomic E-state index is 9.90. The van der Waals surface area contributed by atoms with Crippen LogP contribution in [0.2, 0.25) is 0 Å². The zero-order valence-electron chi connectivity index (χ0n) is 8.99. The van der Waals surface area contributed by atoms with Crippen molar-refractivity contribution in [1.82, 2.24) is 5.32 Å². The average Bonchev–Trinajstić information content (AvgIpc) is 2.63. The summed E-state index contributed by atoms with van der Waals surface area (Å²) in [5, 5.41) is 14.9. The molecule has 5 heteroatoms. The molecule has 1 aliphatic rings. The third-order valence-corrected chi connectivity index (χ3v) is 3.59. The second-order valence-corrected chi connectivity index (χ2v) is 4.57. The summed E-state index contributed by atoms with van der Waals surface area (Å²) in [4.78, 5) is 3.08. The van der Waals surface area contributed by atoms with Gasteiger partial charge in [-0.15, -0.1) is 11.3 Å². The molecule has 1 aromatic rings. The van der Waals surface area contributed by atoms with Gasteiger partial charge >= 0.3 is 0 Å². The molecule has 1 atom stereocenters. The van der Waals surface area contributed by atoms with Crippen LogP contribution in [0.4, 0.5) is 5.69 Å². The molecule has 0 radical (unpaired) electrons. The van der Waals surface area contributed by atoms with Gasteiger partial charge in [0.25, 0.3) is 0 Å². The van der Waals surface area contributed by atoms with Gasteiger partial charge in [-0.1, -0.05) is 0 Å². The molecule has 1 aromatic heterocycles. The van der Waals surface area contributed by atoms with E-state index in [-0.39, 0.29) is 0 Å². The highest BCUT2D eigenvalue weighted by Crippen LogP contribution is 2.42. The molecule has 15 heavy (non-hydrogen) atoms. The Morgan fingerprint density at radius 2 is 2.53 bits per heavy atom. The number of fused-ring (bicyclic) bond motifs is 1. The van der Waals surface area contributed by atoms with Crippen LogP contribution in [0.25, 0.3) is 0 Å². The topological polar surface area (TPSA) is 44.7 Å². The van der Waals surface area contributed by atoms with Crippen molar-refractivity contribution in [3.05, 3.63) is 10.3 Å². The highest BCUT2D eigenvalue weighted by molar-refractivity contribution is 7.11. The van der Waals surface area contributed by atoms with Gasteiger partial charge in [-0.3, -0.25) is 0 Å². The van der Waals surface area contributed by atoms with Crippen LogP contribution in [0, 0.1) is 0 Å². The Hall–Kier alpha value is -0.780. The zero-order chi connectivity index (χ0) is 10.8. The molecule has 2 heterocycles. The number of aliphatic hydroxyl groups excluding tert-OH is 1. The summed E-state index contributed by atoms with van der Waals surface area (Å²) in [7, 11) is 3.87. The minimum absolute atomic E-state index is 0.477. The molecule has 0 saturated carbocycles. The number of nitrogens with one attached hydrogen (secondary N) is 1. The first-order valence-electron chi connectivity index (χ1n) is 5.02. The molecule has 0 spiro atoms. The van der Waals surface area contributed by atoms with E-state index in [9.17, 15) is 5.11 Å². The van der Waals surface area contributed by atoms with Gasteiger partial charge in [-0.05, 0) is 7.05 Å². The van der Waals surface area contributed by atoms with E-state index < -0.39 is 6.10 Å². The Morgan fingerprint density at radius 3 is 3.27 bits per heavy atom. The molecule has 0 fully saturated rings. The monoisotopic (exact) mass is 228 g/mol. The number of rotatable bonds is 3. The van der Waals surface area contributed by atoms with Crippen LogP contribution in [0.15, 0.2) is 5.38 Å². The molecule has 0 aliphatic carbocycles. The van der Waals surface area contributed by atoms with E-state index >= 15 is 0 Å². The molecular formula is C10H16N2O2S. The molecule has 0 bridgehead atoms. The van der Waals surface area contributed by atoms with Crippen molar-refractivity contribution in [1.29, 1.82) is 0 Å². The van der Waals surface area contributed by atoms with Crippen LogP contribution in [0.3, 0.4) is 0 Å². The highest BCUT2D eigenvalue weighted by atomic mass is 32.1. The predicted molar refractivity (Wildman–Crippen MR) is 62.0 cm³/mol. The highest BCUT2D eigenvalue weighted by Gasteiger charge is 2.24. The summed E-state index contributed by atoms with van der Waals surface area (Å²) in [6.07, 6.45) is -0.477. The molecule has 4 nitrogen and oxygen atoms in total. The second kappa shape index (κ2) is 4.38. The summed E-state index contributed by atoms with van der Waals surface area (Å²) in [5.41, 5.74) is 1.09. The van der Waals surface area contributed by atoms with Gasteiger partial charge in [0.2, 0.25) is 0 Å². The van der Waals surface area contributed by atoms with Gasteiger partial charge in [0.1, 0.15) is 12.7 Å². The number of ether oxygens (including phenoxy) is 1. The quantitative estimate of drug-likeness (QED) is 0.804. The van der Waals surface area contributed by atoms with Crippen molar-refractivity contribution < 1.29 is 9.84 Å². The molecular weight excluding hydrogens is 212 g/mol. The Kier molecular flexibility index (Phi) is 3.14. The van der Waals surface area contributed by atoms with Gasteiger partial charge < -0.3 is 20.1 Å². The van der Waals surface area contributed by atoms with Crippen LogP contribution in [0.5, 0.6) is 5.75 Å². The van der Waals surface area contributed by atoms with Crippen LogP contribution in [-0.2, 0) is 0 Å². The van der Waals surface area contributed by atoms with Crippen molar-refractivity contribution in [3.63, 3.8) is 0 Å². The number of anilines is 1. The number of likely N-dealkylation sites (N-methyl/N-ethyl adjacent to an activating group) is 2. The number of hydrogen-bond donors (Lipinski definition) is 2. The van der Waals surface area contributed by atoms with Gasteiger partial charge in [0, 0.05) is 19.0 Å². The lowest BCUT2D eigenvalue weighted by atomic mass is 10.2. The number of aliphatic hydroxyl groups is 1. The molecule has 1 aliphatic heterocycles. The van der Waals surface area contributed by atoms with Crippen LogP contribution < -0.4 is 15.0 Å². The maximum Gasteiger partial charge on any atom is 0.159 e. The van der Waals surface area contributed by atoms with Gasteiger partial charge in [0.05, 0.1) is 17.1 Å². The van der Waals surface area contributed by atoms with E-state index in [0.717, 1.165) is 22.9 Å². The molecule has 0 amide bonds. The van der Waals surface area contributed by atoms with Gasteiger partial charge in [0.15, 0.2) is 5.75 Å². The standard InChI is InChI=1S/C10H16N2O2S/c1-11-5-8(13)10-9-7(6-15-10)12(2)3-4-14-9/h6,8,11,13H,3-5H2,1-2H3. The van der Waals surface area contributed by atoms with Crippen LogP contribution in [0.1, 0.15) is 11.0 Å². The minimum atomic E-state index is -0.477. The van der Waals surface area contributed by atoms with Crippen molar-refractivity contribution in [2.75, 3.05) is 38.7 Å². The number of nitrogens with zero attached hydrogens (tertiary/aromatic N) is 1. The van der Waals surface area contributed by atoms with E-state index in [0.29, 0.717) is 13.2 Å². The van der Waals surface area contributed by atoms with Crippen molar-refractivity contribution >= 4 is 17.0 Å². The molecule has 0 aromatic carbocycles. The fourth-order valence-corrected chi connectivity index (χ4v) is 2.72. The Bertz CT molecular complexity index is 340. The maximum atomic E-state index is 9.90. The van der Waals surface area contributed by atoms with Gasteiger partial charge in [-0.25, -0.2) is 0 Å². The minimum Gasteiger partial charge on any atom is -0.488 e. The molecule has 84 valence electrons. The Balaban J connectivity index is 2.26. The molecule has 0 saturated heterocycles. The third kappa shape index (κ3) is 1.95. The first-order chi connectivity index (χ1) is 7.24.